The van der Waals surface area contributed by atoms with Gasteiger partial charge < -0.3 is 9.15 Å². The van der Waals surface area contributed by atoms with Gasteiger partial charge in [0.05, 0.1) is 23.6 Å². The SMILES string of the molecule is COc1cc2occ(-c3ccc(F)cc3)c2cc1/C(C)=C/C(=O)Nc1nc2ccccc2s1. The van der Waals surface area contributed by atoms with Crippen molar-refractivity contribution in [3.8, 4) is 16.9 Å². The summed E-state index contributed by atoms with van der Waals surface area (Å²) in [5.41, 5.74) is 4.63. The Morgan fingerprint density at radius 1 is 1.15 bits per heavy atom. The molecule has 0 fully saturated rings. The van der Waals surface area contributed by atoms with Crippen molar-refractivity contribution in [2.45, 2.75) is 6.92 Å². The molecule has 5 aromatic rings. The van der Waals surface area contributed by atoms with Crippen LogP contribution in [0.25, 0.3) is 37.9 Å². The number of ether oxygens (including phenoxy) is 1. The third-order valence-corrected chi connectivity index (χ3v) is 6.30. The van der Waals surface area contributed by atoms with Crippen LogP contribution >= 0.6 is 11.3 Å². The molecule has 164 valence electrons. The summed E-state index contributed by atoms with van der Waals surface area (Å²) >= 11 is 1.42. The largest absolute Gasteiger partial charge is 0.496 e. The molecule has 0 atom stereocenters. The van der Waals surface area contributed by atoms with E-state index >= 15 is 0 Å². The van der Waals surface area contributed by atoms with Crippen LogP contribution in [0.15, 0.2) is 77.4 Å². The van der Waals surface area contributed by atoms with Gasteiger partial charge in [-0.3, -0.25) is 10.1 Å². The molecule has 33 heavy (non-hydrogen) atoms. The number of hydrogen-bond donors (Lipinski definition) is 1. The Balaban J connectivity index is 1.48. The fraction of sp³-hybridized carbons (Fsp3) is 0.0769. The Hall–Kier alpha value is -3.97. The molecule has 0 saturated carbocycles. The number of benzene rings is 3. The van der Waals surface area contributed by atoms with Crippen LogP contribution in [0.5, 0.6) is 5.75 Å². The van der Waals surface area contributed by atoms with Gasteiger partial charge in [0.2, 0.25) is 5.91 Å². The van der Waals surface area contributed by atoms with Crippen LogP contribution in [0.2, 0.25) is 0 Å². The van der Waals surface area contributed by atoms with Crippen molar-refractivity contribution in [2.75, 3.05) is 12.4 Å². The number of carbonyl (C=O) groups is 1. The number of anilines is 1. The highest BCUT2D eigenvalue weighted by Crippen LogP contribution is 2.37. The molecular formula is C26H19FN2O3S. The van der Waals surface area contributed by atoms with Gasteiger partial charge in [0.25, 0.3) is 0 Å². The monoisotopic (exact) mass is 458 g/mol. The quantitative estimate of drug-likeness (QED) is 0.291. The highest BCUT2D eigenvalue weighted by atomic mass is 32.1. The van der Waals surface area contributed by atoms with Gasteiger partial charge in [-0.25, -0.2) is 9.37 Å². The van der Waals surface area contributed by atoms with Crippen LogP contribution in [0.4, 0.5) is 9.52 Å². The summed E-state index contributed by atoms with van der Waals surface area (Å²) in [6, 6.07) is 17.7. The minimum absolute atomic E-state index is 0.278. The Kier molecular flexibility index (Phi) is 5.40. The van der Waals surface area contributed by atoms with E-state index in [2.05, 4.69) is 10.3 Å². The number of nitrogens with one attached hydrogen (secondary N) is 1. The molecule has 3 aromatic carbocycles. The molecule has 5 nitrogen and oxygen atoms in total. The van der Waals surface area contributed by atoms with Crippen LogP contribution in [-0.2, 0) is 4.79 Å². The second-order valence-electron chi connectivity index (χ2n) is 7.51. The molecule has 0 unspecified atom stereocenters. The van der Waals surface area contributed by atoms with Crippen molar-refractivity contribution in [3.63, 3.8) is 0 Å². The third kappa shape index (κ3) is 4.10. The minimum Gasteiger partial charge on any atom is -0.496 e. The fourth-order valence-electron chi connectivity index (χ4n) is 3.73. The average Bonchev–Trinajstić information content (AvgIpc) is 3.41. The lowest BCUT2D eigenvalue weighted by Gasteiger charge is -2.10. The number of allylic oxidation sites excluding steroid dienone is 1. The zero-order valence-electron chi connectivity index (χ0n) is 17.9. The molecule has 5 rings (SSSR count). The van der Waals surface area contributed by atoms with E-state index in [4.69, 9.17) is 9.15 Å². The summed E-state index contributed by atoms with van der Waals surface area (Å²) in [6.07, 6.45) is 3.16. The van der Waals surface area contributed by atoms with Gasteiger partial charge >= 0.3 is 0 Å². The summed E-state index contributed by atoms with van der Waals surface area (Å²) in [5.74, 6) is 0.00975. The number of carbonyl (C=O) groups excluding carboxylic acids is 1. The number of methoxy groups -OCH3 is 1. The maximum absolute atomic E-state index is 13.4. The molecule has 0 aliphatic rings. The lowest BCUT2D eigenvalue weighted by Crippen LogP contribution is -2.08. The Bertz CT molecular complexity index is 1480. The van der Waals surface area contributed by atoms with E-state index in [1.165, 1.54) is 29.5 Å². The van der Waals surface area contributed by atoms with Crippen LogP contribution in [0.1, 0.15) is 12.5 Å². The predicted octanol–water partition coefficient (Wildman–Crippen LogP) is 6.90. The van der Waals surface area contributed by atoms with Gasteiger partial charge in [-0.15, -0.1) is 0 Å². The van der Waals surface area contributed by atoms with Crippen molar-refractivity contribution in [3.05, 3.63) is 84.4 Å². The highest BCUT2D eigenvalue weighted by Gasteiger charge is 2.15. The number of furan rings is 1. The molecule has 0 saturated heterocycles. The van der Waals surface area contributed by atoms with Gasteiger partial charge in [0.1, 0.15) is 17.1 Å². The normalized spacial score (nSPS) is 11.8. The number of halogens is 1. The Morgan fingerprint density at radius 2 is 1.94 bits per heavy atom. The first kappa shape index (κ1) is 20.9. The molecular weight excluding hydrogens is 439 g/mol. The summed E-state index contributed by atoms with van der Waals surface area (Å²) in [6.45, 7) is 1.85. The van der Waals surface area contributed by atoms with Crippen LogP contribution < -0.4 is 10.1 Å². The first-order valence-corrected chi connectivity index (χ1v) is 11.0. The number of rotatable bonds is 5. The zero-order valence-corrected chi connectivity index (χ0v) is 18.7. The number of thiazole rings is 1. The number of nitrogens with zero attached hydrogens (tertiary/aromatic N) is 1. The molecule has 1 amide bonds. The number of amides is 1. The van der Waals surface area contributed by atoms with Gasteiger partial charge in [-0.2, -0.15) is 0 Å². The predicted molar refractivity (Wildman–Crippen MR) is 130 cm³/mol. The molecule has 1 N–H and O–H groups in total. The maximum atomic E-state index is 13.4. The van der Waals surface area contributed by atoms with Crippen molar-refractivity contribution in [2.24, 2.45) is 0 Å². The fourth-order valence-corrected chi connectivity index (χ4v) is 4.60. The molecule has 2 aromatic heterocycles. The smallest absolute Gasteiger partial charge is 0.250 e. The number of hydrogen-bond acceptors (Lipinski definition) is 5. The average molecular weight is 459 g/mol. The second kappa shape index (κ2) is 8.52. The molecule has 0 radical (unpaired) electrons. The van der Waals surface area contributed by atoms with Gasteiger partial charge in [-0.05, 0) is 48.4 Å². The van der Waals surface area contributed by atoms with E-state index in [9.17, 15) is 9.18 Å². The lowest BCUT2D eigenvalue weighted by molar-refractivity contribution is -0.111. The van der Waals surface area contributed by atoms with Crippen molar-refractivity contribution in [1.29, 1.82) is 0 Å². The molecule has 0 spiro atoms. The van der Waals surface area contributed by atoms with Crippen LogP contribution in [-0.4, -0.2) is 18.0 Å². The summed E-state index contributed by atoms with van der Waals surface area (Å²) in [7, 11) is 1.57. The summed E-state index contributed by atoms with van der Waals surface area (Å²) in [4.78, 5) is 17.1. The van der Waals surface area contributed by atoms with E-state index in [1.807, 2.05) is 37.3 Å². The van der Waals surface area contributed by atoms with E-state index in [-0.39, 0.29) is 11.7 Å². The number of aromatic nitrogens is 1. The number of fused-ring (bicyclic) bond motifs is 2. The van der Waals surface area contributed by atoms with E-state index in [1.54, 1.807) is 31.6 Å². The lowest BCUT2D eigenvalue weighted by atomic mass is 9.99. The van der Waals surface area contributed by atoms with Gasteiger partial charge in [0, 0.05) is 28.7 Å². The maximum Gasteiger partial charge on any atom is 0.250 e. The molecule has 0 aliphatic heterocycles. The molecule has 2 heterocycles. The Morgan fingerprint density at radius 3 is 2.70 bits per heavy atom. The van der Waals surface area contributed by atoms with Gasteiger partial charge in [0.15, 0.2) is 5.13 Å². The highest BCUT2D eigenvalue weighted by molar-refractivity contribution is 7.22. The van der Waals surface area contributed by atoms with Crippen molar-refractivity contribution < 1.29 is 18.3 Å². The van der Waals surface area contributed by atoms with Crippen molar-refractivity contribution in [1.82, 2.24) is 4.98 Å². The summed E-state index contributed by atoms with van der Waals surface area (Å²) < 4.78 is 25.6. The summed E-state index contributed by atoms with van der Waals surface area (Å²) in [5, 5.41) is 4.23. The number of para-hydroxylation sites is 1. The van der Waals surface area contributed by atoms with Crippen LogP contribution in [0, 0.1) is 5.82 Å². The first-order valence-electron chi connectivity index (χ1n) is 10.2. The van der Waals surface area contributed by atoms with Gasteiger partial charge in [-0.1, -0.05) is 35.6 Å². The first-order chi connectivity index (χ1) is 16.0. The minimum atomic E-state index is -0.299. The zero-order chi connectivity index (χ0) is 22.9. The third-order valence-electron chi connectivity index (χ3n) is 5.35. The van der Waals surface area contributed by atoms with Crippen LogP contribution in [0.3, 0.4) is 0 Å². The van der Waals surface area contributed by atoms with E-state index in [0.717, 1.165) is 37.9 Å². The molecule has 0 aliphatic carbocycles. The topological polar surface area (TPSA) is 64.4 Å². The van der Waals surface area contributed by atoms with E-state index in [0.29, 0.717) is 16.5 Å². The Labute approximate surface area is 193 Å². The second-order valence-corrected chi connectivity index (χ2v) is 8.54. The molecule has 7 heteroatoms. The van der Waals surface area contributed by atoms with Crippen molar-refractivity contribution >= 4 is 49.1 Å². The standard InChI is InChI=1S/C26H19FN2O3S/c1-15(11-25(30)29-26-28-21-5-3-4-6-24(21)33-26)18-12-19-20(16-7-9-17(27)10-8-16)14-32-23(19)13-22(18)31-2/h3-14H,1-2H3,(H,28,29,30)/b15-11+. The van der Waals surface area contributed by atoms with E-state index < -0.39 is 0 Å². The molecule has 0 bridgehead atoms.